The second-order valence-corrected chi connectivity index (χ2v) is 4.27. The summed E-state index contributed by atoms with van der Waals surface area (Å²) >= 11 is -0.640. The Kier molecular flexibility index (Phi) is 2.05. The quantitative estimate of drug-likeness (QED) is 0.362. The van der Waals surface area contributed by atoms with E-state index in [1.807, 2.05) is 6.92 Å². The van der Waals surface area contributed by atoms with Crippen molar-refractivity contribution in [3.63, 3.8) is 0 Å². The normalized spacial score (nSPS) is 42.6. The first-order valence-corrected chi connectivity index (χ1v) is 4.47. The van der Waals surface area contributed by atoms with E-state index in [0.29, 0.717) is 0 Å². The van der Waals surface area contributed by atoms with Crippen LogP contribution in [0, 0.1) is 18.3 Å². The lowest BCUT2D eigenvalue weighted by atomic mass is 10.1. The number of rotatable bonds is 0. The molecule has 9 heavy (non-hydrogen) atoms. The molecule has 2 heteroatoms. The van der Waals surface area contributed by atoms with Crippen molar-refractivity contribution in [1.29, 1.82) is 0 Å². The Morgan fingerprint density at radius 1 is 1.78 bits per heavy atom. The fourth-order valence-electron chi connectivity index (χ4n) is 1.07. The molecule has 1 aliphatic rings. The predicted molar refractivity (Wildman–Crippen MR) is 39.4 cm³/mol. The van der Waals surface area contributed by atoms with Gasteiger partial charge in [-0.15, -0.1) is 6.42 Å². The minimum Gasteiger partial charge on any atom is -0.616 e. The molecule has 0 saturated carbocycles. The van der Waals surface area contributed by atoms with E-state index in [9.17, 15) is 4.55 Å². The molecule has 3 unspecified atom stereocenters. The number of hydrogen-bond acceptors (Lipinski definition) is 1. The maximum absolute atomic E-state index is 11.0. The molecule has 0 spiro atoms. The SMILES string of the molecule is C#CC1CC[S+]([O-])C1C. The van der Waals surface area contributed by atoms with Crippen LogP contribution in [-0.2, 0) is 11.2 Å². The van der Waals surface area contributed by atoms with Gasteiger partial charge >= 0.3 is 0 Å². The van der Waals surface area contributed by atoms with Gasteiger partial charge in [-0.1, -0.05) is 5.92 Å². The van der Waals surface area contributed by atoms with Gasteiger partial charge in [0.2, 0.25) is 0 Å². The average Bonchev–Trinajstić information content (AvgIpc) is 2.15. The molecule has 0 aromatic rings. The zero-order chi connectivity index (χ0) is 6.85. The van der Waals surface area contributed by atoms with Crippen LogP contribution in [0.4, 0.5) is 0 Å². The molecule has 1 nitrogen and oxygen atoms in total. The van der Waals surface area contributed by atoms with Crippen molar-refractivity contribution in [3.05, 3.63) is 0 Å². The fraction of sp³-hybridized carbons (Fsp3) is 0.714. The highest BCUT2D eigenvalue weighted by Gasteiger charge is 2.33. The first kappa shape index (κ1) is 6.98. The summed E-state index contributed by atoms with van der Waals surface area (Å²) in [6.45, 7) is 1.97. The standard InChI is InChI=1S/C7H10OS/c1-3-7-4-5-9(8)6(7)2/h1,6-7H,4-5H2,2H3. The second kappa shape index (κ2) is 2.64. The Balaban J connectivity index is 2.54. The molecule has 1 aliphatic heterocycles. The highest BCUT2D eigenvalue weighted by molar-refractivity contribution is 7.92. The van der Waals surface area contributed by atoms with E-state index in [0.717, 1.165) is 12.2 Å². The summed E-state index contributed by atoms with van der Waals surface area (Å²) in [7, 11) is 0. The minimum absolute atomic E-state index is 0.231. The van der Waals surface area contributed by atoms with Gasteiger partial charge in [-0.05, 0) is 18.1 Å². The number of terminal acetylenes is 1. The van der Waals surface area contributed by atoms with Gasteiger partial charge in [-0.25, -0.2) is 0 Å². The van der Waals surface area contributed by atoms with Gasteiger partial charge in [-0.2, -0.15) is 0 Å². The first-order valence-electron chi connectivity index (χ1n) is 3.09. The molecule has 1 saturated heterocycles. The van der Waals surface area contributed by atoms with E-state index in [-0.39, 0.29) is 11.2 Å². The van der Waals surface area contributed by atoms with Crippen LogP contribution in [0.15, 0.2) is 0 Å². The van der Waals surface area contributed by atoms with Crippen molar-refractivity contribution in [2.45, 2.75) is 18.6 Å². The highest BCUT2D eigenvalue weighted by atomic mass is 32.2. The summed E-state index contributed by atoms with van der Waals surface area (Å²) in [6.07, 6.45) is 6.15. The smallest absolute Gasteiger partial charge is 0.126 e. The van der Waals surface area contributed by atoms with Gasteiger partial charge in [0.15, 0.2) is 0 Å². The Hall–Kier alpha value is -0.130. The molecule has 50 valence electrons. The topological polar surface area (TPSA) is 23.1 Å². The van der Waals surface area contributed by atoms with Crippen molar-refractivity contribution in [3.8, 4) is 12.3 Å². The van der Waals surface area contributed by atoms with Gasteiger partial charge in [0.25, 0.3) is 0 Å². The molecule has 1 rings (SSSR count). The fourth-order valence-corrected chi connectivity index (χ4v) is 2.50. The van der Waals surface area contributed by atoms with Crippen molar-refractivity contribution >= 4 is 11.2 Å². The zero-order valence-electron chi connectivity index (χ0n) is 5.46. The van der Waals surface area contributed by atoms with Crippen LogP contribution in [-0.4, -0.2) is 15.6 Å². The van der Waals surface area contributed by atoms with E-state index < -0.39 is 11.2 Å². The van der Waals surface area contributed by atoms with Crippen LogP contribution in [0.25, 0.3) is 0 Å². The predicted octanol–water partition coefficient (Wildman–Crippen LogP) is 0.777. The molecule has 0 N–H and O–H groups in total. The second-order valence-electron chi connectivity index (χ2n) is 2.35. The third-order valence-electron chi connectivity index (χ3n) is 1.83. The van der Waals surface area contributed by atoms with E-state index in [1.165, 1.54) is 0 Å². The maximum Gasteiger partial charge on any atom is 0.126 e. The molecular weight excluding hydrogens is 132 g/mol. The Bertz CT molecular complexity index is 138. The summed E-state index contributed by atoms with van der Waals surface area (Å²) in [6, 6.07) is 0. The van der Waals surface area contributed by atoms with Gasteiger partial charge in [-0.3, -0.25) is 0 Å². The third kappa shape index (κ3) is 1.23. The Morgan fingerprint density at radius 2 is 2.44 bits per heavy atom. The molecule has 1 fully saturated rings. The molecule has 0 aliphatic carbocycles. The monoisotopic (exact) mass is 142 g/mol. The molecular formula is C7H10OS. The van der Waals surface area contributed by atoms with E-state index in [2.05, 4.69) is 5.92 Å². The summed E-state index contributed by atoms with van der Waals surface area (Å²) in [4.78, 5) is 0. The van der Waals surface area contributed by atoms with Gasteiger partial charge in [0.1, 0.15) is 11.0 Å². The summed E-state index contributed by atoms with van der Waals surface area (Å²) in [5.74, 6) is 3.72. The molecule has 0 bridgehead atoms. The van der Waals surface area contributed by atoms with E-state index >= 15 is 0 Å². The highest BCUT2D eigenvalue weighted by Crippen LogP contribution is 2.25. The average molecular weight is 142 g/mol. The Morgan fingerprint density at radius 3 is 2.67 bits per heavy atom. The summed E-state index contributed by atoms with van der Waals surface area (Å²) in [5, 5.41) is 0.231. The van der Waals surface area contributed by atoms with Crippen LogP contribution in [0.3, 0.4) is 0 Å². The largest absolute Gasteiger partial charge is 0.616 e. The van der Waals surface area contributed by atoms with Crippen molar-refractivity contribution < 1.29 is 4.55 Å². The summed E-state index contributed by atoms with van der Waals surface area (Å²) < 4.78 is 11.0. The lowest BCUT2D eigenvalue weighted by molar-refractivity contribution is 0.585. The third-order valence-corrected chi connectivity index (χ3v) is 3.62. The van der Waals surface area contributed by atoms with Gasteiger partial charge < -0.3 is 4.55 Å². The van der Waals surface area contributed by atoms with Crippen molar-refractivity contribution in [1.82, 2.24) is 0 Å². The zero-order valence-corrected chi connectivity index (χ0v) is 6.28. The van der Waals surface area contributed by atoms with Crippen molar-refractivity contribution in [2.75, 3.05) is 5.75 Å². The maximum atomic E-state index is 11.0. The van der Waals surface area contributed by atoms with Gasteiger partial charge in [0.05, 0.1) is 5.92 Å². The Labute approximate surface area is 59.0 Å². The lowest BCUT2D eigenvalue weighted by Gasteiger charge is -2.09. The molecule has 3 atom stereocenters. The van der Waals surface area contributed by atoms with Crippen LogP contribution in [0.5, 0.6) is 0 Å². The first-order chi connectivity index (χ1) is 4.25. The van der Waals surface area contributed by atoms with Gasteiger partial charge in [0, 0.05) is 6.42 Å². The van der Waals surface area contributed by atoms with Crippen LogP contribution >= 0.6 is 0 Å². The van der Waals surface area contributed by atoms with Crippen LogP contribution in [0.1, 0.15) is 13.3 Å². The van der Waals surface area contributed by atoms with E-state index in [4.69, 9.17) is 6.42 Å². The van der Waals surface area contributed by atoms with Crippen LogP contribution in [0.2, 0.25) is 0 Å². The van der Waals surface area contributed by atoms with Crippen LogP contribution < -0.4 is 0 Å². The summed E-state index contributed by atoms with van der Waals surface area (Å²) in [5.41, 5.74) is 0. The van der Waals surface area contributed by atoms with E-state index in [1.54, 1.807) is 0 Å². The van der Waals surface area contributed by atoms with Crippen molar-refractivity contribution in [2.24, 2.45) is 5.92 Å². The molecule has 0 radical (unpaired) electrons. The molecule has 0 amide bonds. The minimum atomic E-state index is -0.640. The molecule has 0 aromatic carbocycles. The number of hydrogen-bond donors (Lipinski definition) is 0. The lowest BCUT2D eigenvalue weighted by Crippen LogP contribution is -2.16. The molecule has 0 aromatic heterocycles. The molecule has 1 heterocycles.